The monoisotopic (exact) mass is 333 g/mol. The van der Waals surface area contributed by atoms with Gasteiger partial charge in [-0.1, -0.05) is 6.92 Å². The van der Waals surface area contributed by atoms with Crippen LogP contribution in [0.2, 0.25) is 0 Å². The molecule has 1 aromatic heterocycles. The van der Waals surface area contributed by atoms with Gasteiger partial charge >= 0.3 is 10.2 Å². The summed E-state index contributed by atoms with van der Waals surface area (Å²) in [5, 5.41) is 0. The molecule has 0 saturated carbocycles. The molecule has 0 spiro atoms. The molecule has 0 aliphatic carbocycles. The van der Waals surface area contributed by atoms with E-state index in [1.165, 1.54) is 10.5 Å². The summed E-state index contributed by atoms with van der Waals surface area (Å²) in [7, 11) is -3.44. The Hall–Kier alpha value is -0.660. The predicted molar refractivity (Wildman–Crippen MR) is 74.5 cm³/mol. The van der Waals surface area contributed by atoms with E-state index >= 15 is 0 Å². The molecule has 1 aromatic rings. The maximum Gasteiger partial charge on any atom is 0.301 e. The summed E-state index contributed by atoms with van der Waals surface area (Å²) in [5.74, 6) is 0.603. The maximum atomic E-state index is 12.1. The summed E-state index contributed by atoms with van der Waals surface area (Å²) in [6.45, 7) is 3.32. The van der Waals surface area contributed by atoms with Gasteiger partial charge in [0.2, 0.25) is 0 Å². The van der Waals surface area contributed by atoms with E-state index in [2.05, 4.69) is 32.6 Å². The van der Waals surface area contributed by atoms with Crippen LogP contribution in [0.4, 0.5) is 5.69 Å². The Bertz CT molecular complexity index is 496. The third kappa shape index (κ3) is 3.43. The third-order valence-electron chi connectivity index (χ3n) is 3.06. The number of nitrogens with zero attached hydrogens (tertiary/aromatic N) is 2. The molecule has 18 heavy (non-hydrogen) atoms. The van der Waals surface area contributed by atoms with E-state index in [9.17, 15) is 8.42 Å². The second kappa shape index (κ2) is 5.54. The molecule has 1 fully saturated rings. The quantitative estimate of drug-likeness (QED) is 0.863. The summed E-state index contributed by atoms with van der Waals surface area (Å²) in [4.78, 5) is 3.99. The summed E-state index contributed by atoms with van der Waals surface area (Å²) < 4.78 is 29.0. The third-order valence-corrected chi connectivity index (χ3v) is 5.06. The number of anilines is 1. The predicted octanol–water partition coefficient (Wildman–Crippen LogP) is 2.23. The number of aromatic nitrogens is 1. The van der Waals surface area contributed by atoms with Crippen molar-refractivity contribution in [2.45, 2.75) is 19.8 Å². The number of nitrogens with one attached hydrogen (secondary N) is 1. The van der Waals surface area contributed by atoms with E-state index in [0.717, 1.165) is 12.8 Å². The molecule has 0 radical (unpaired) electrons. The second-order valence-corrected chi connectivity index (χ2v) is 7.04. The molecule has 0 aromatic carbocycles. The minimum atomic E-state index is -3.44. The average molecular weight is 334 g/mol. The Kier molecular flexibility index (Phi) is 4.24. The summed E-state index contributed by atoms with van der Waals surface area (Å²) in [6, 6.07) is 3.39. The van der Waals surface area contributed by atoms with Gasteiger partial charge in [-0.25, -0.2) is 4.98 Å². The van der Waals surface area contributed by atoms with Crippen LogP contribution in [0.1, 0.15) is 19.8 Å². The van der Waals surface area contributed by atoms with Crippen molar-refractivity contribution in [2.24, 2.45) is 5.92 Å². The van der Waals surface area contributed by atoms with Crippen molar-refractivity contribution >= 4 is 31.8 Å². The highest BCUT2D eigenvalue weighted by Gasteiger charge is 2.26. The zero-order valence-corrected chi connectivity index (χ0v) is 12.5. The van der Waals surface area contributed by atoms with Gasteiger partial charge in [-0.3, -0.25) is 4.72 Å². The van der Waals surface area contributed by atoms with Crippen LogP contribution in [0.3, 0.4) is 0 Å². The first-order valence-corrected chi connectivity index (χ1v) is 8.10. The average Bonchev–Trinajstić information content (AvgIpc) is 2.32. The molecule has 100 valence electrons. The van der Waals surface area contributed by atoms with Gasteiger partial charge in [-0.05, 0) is 46.8 Å². The molecule has 2 rings (SSSR count). The Morgan fingerprint density at radius 1 is 1.39 bits per heavy atom. The highest BCUT2D eigenvalue weighted by atomic mass is 79.9. The lowest BCUT2D eigenvalue weighted by molar-refractivity contribution is 0.289. The topological polar surface area (TPSA) is 62.3 Å². The van der Waals surface area contributed by atoms with Crippen LogP contribution >= 0.6 is 15.9 Å². The molecule has 1 aliphatic rings. The number of hydrogen-bond donors (Lipinski definition) is 1. The molecule has 0 unspecified atom stereocenters. The Labute approximate surface area is 116 Å². The Morgan fingerprint density at radius 3 is 2.61 bits per heavy atom. The van der Waals surface area contributed by atoms with Crippen molar-refractivity contribution in [2.75, 3.05) is 17.8 Å². The van der Waals surface area contributed by atoms with Gasteiger partial charge < -0.3 is 0 Å². The Morgan fingerprint density at radius 2 is 2.06 bits per heavy atom. The fourth-order valence-corrected chi connectivity index (χ4v) is 3.35. The normalized spacial score (nSPS) is 18.8. The number of rotatable bonds is 3. The first-order valence-electron chi connectivity index (χ1n) is 5.87. The van der Waals surface area contributed by atoms with E-state index in [-0.39, 0.29) is 0 Å². The highest BCUT2D eigenvalue weighted by molar-refractivity contribution is 9.10. The van der Waals surface area contributed by atoms with Crippen LogP contribution in [-0.2, 0) is 10.2 Å². The Balaban J connectivity index is 2.05. The van der Waals surface area contributed by atoms with E-state index in [4.69, 9.17) is 0 Å². The lowest BCUT2D eigenvalue weighted by Gasteiger charge is -2.29. The molecule has 0 bridgehead atoms. The number of hydrogen-bond acceptors (Lipinski definition) is 3. The standard InChI is InChI=1S/C11H16BrN3O2S/c1-9-4-6-15(7-5-9)18(16,17)14-10-2-3-11(12)13-8-10/h2-3,8-9,14H,4-7H2,1H3. The summed E-state index contributed by atoms with van der Waals surface area (Å²) in [5.41, 5.74) is 0.483. The first-order chi connectivity index (χ1) is 8.47. The van der Waals surface area contributed by atoms with Gasteiger partial charge in [0.25, 0.3) is 0 Å². The largest absolute Gasteiger partial charge is 0.301 e. The van der Waals surface area contributed by atoms with Gasteiger partial charge in [0.1, 0.15) is 4.60 Å². The van der Waals surface area contributed by atoms with Crippen molar-refractivity contribution in [3.63, 3.8) is 0 Å². The molecule has 0 atom stereocenters. The zero-order valence-electron chi connectivity index (χ0n) is 10.1. The lowest BCUT2D eigenvalue weighted by Crippen LogP contribution is -2.41. The molecule has 1 saturated heterocycles. The molecule has 1 aliphatic heterocycles. The molecule has 5 nitrogen and oxygen atoms in total. The fraction of sp³-hybridized carbons (Fsp3) is 0.545. The van der Waals surface area contributed by atoms with Gasteiger partial charge in [0.15, 0.2) is 0 Å². The second-order valence-electron chi connectivity index (χ2n) is 4.56. The van der Waals surface area contributed by atoms with Crippen LogP contribution in [-0.4, -0.2) is 30.8 Å². The van der Waals surface area contributed by atoms with Crippen molar-refractivity contribution in [3.8, 4) is 0 Å². The summed E-state index contributed by atoms with van der Waals surface area (Å²) in [6.07, 6.45) is 3.33. The van der Waals surface area contributed by atoms with Crippen molar-refractivity contribution in [1.29, 1.82) is 0 Å². The number of halogens is 1. The van der Waals surface area contributed by atoms with Crippen molar-refractivity contribution < 1.29 is 8.42 Å². The van der Waals surface area contributed by atoms with Crippen LogP contribution in [0.5, 0.6) is 0 Å². The van der Waals surface area contributed by atoms with Crippen molar-refractivity contribution in [3.05, 3.63) is 22.9 Å². The molecule has 2 heterocycles. The number of piperidine rings is 1. The molecular weight excluding hydrogens is 318 g/mol. The van der Waals surface area contributed by atoms with Gasteiger partial charge in [0, 0.05) is 13.1 Å². The molecule has 0 amide bonds. The first kappa shape index (κ1) is 13.8. The highest BCUT2D eigenvalue weighted by Crippen LogP contribution is 2.20. The van der Waals surface area contributed by atoms with E-state index in [1.54, 1.807) is 12.1 Å². The number of pyridine rings is 1. The van der Waals surface area contributed by atoms with Crippen molar-refractivity contribution in [1.82, 2.24) is 9.29 Å². The van der Waals surface area contributed by atoms with Crippen LogP contribution in [0.15, 0.2) is 22.9 Å². The van der Waals surface area contributed by atoms with Gasteiger partial charge in [-0.2, -0.15) is 12.7 Å². The SMILES string of the molecule is CC1CCN(S(=O)(=O)Nc2ccc(Br)nc2)CC1. The molecule has 1 N–H and O–H groups in total. The van der Waals surface area contributed by atoms with Crippen LogP contribution in [0, 0.1) is 5.92 Å². The zero-order chi connectivity index (χ0) is 13.2. The minimum absolute atomic E-state index is 0.483. The molecule has 7 heteroatoms. The fourth-order valence-electron chi connectivity index (χ4n) is 1.87. The molecular formula is C11H16BrN3O2S. The van der Waals surface area contributed by atoms with E-state index < -0.39 is 10.2 Å². The van der Waals surface area contributed by atoms with Crippen LogP contribution < -0.4 is 4.72 Å². The smallest absolute Gasteiger partial charge is 0.269 e. The van der Waals surface area contributed by atoms with Gasteiger partial charge in [0.05, 0.1) is 11.9 Å². The minimum Gasteiger partial charge on any atom is -0.269 e. The van der Waals surface area contributed by atoms with Gasteiger partial charge in [-0.15, -0.1) is 0 Å². The van der Waals surface area contributed by atoms with E-state index in [0.29, 0.717) is 29.3 Å². The summed E-state index contributed by atoms with van der Waals surface area (Å²) >= 11 is 3.21. The van der Waals surface area contributed by atoms with Crippen LogP contribution in [0.25, 0.3) is 0 Å². The lowest BCUT2D eigenvalue weighted by atomic mass is 10.0. The maximum absolute atomic E-state index is 12.1. The van der Waals surface area contributed by atoms with E-state index in [1.807, 2.05) is 0 Å².